The lowest BCUT2D eigenvalue weighted by Crippen LogP contribution is -2.01. The molecule has 0 aliphatic carbocycles. The van der Waals surface area contributed by atoms with Crippen LogP contribution in [0.15, 0.2) is 29.4 Å². The first-order valence-electron chi connectivity index (χ1n) is 5.54. The van der Waals surface area contributed by atoms with Gasteiger partial charge in [-0.1, -0.05) is 17.3 Å². The molecule has 1 aromatic carbocycles. The van der Waals surface area contributed by atoms with Crippen molar-refractivity contribution >= 4 is 11.7 Å². The quantitative estimate of drug-likeness (QED) is 0.447. The van der Waals surface area contributed by atoms with Crippen LogP contribution in [0.3, 0.4) is 0 Å². The molecule has 0 bridgehead atoms. The van der Waals surface area contributed by atoms with Crippen molar-refractivity contribution in [1.29, 1.82) is 0 Å². The molecule has 92 valence electrons. The second-order valence-electron chi connectivity index (χ2n) is 3.67. The Hall–Kier alpha value is -1.84. The normalized spacial score (nSPS) is 11.1. The molecule has 17 heavy (non-hydrogen) atoms. The third kappa shape index (κ3) is 5.15. The molecule has 0 radical (unpaired) electrons. The summed E-state index contributed by atoms with van der Waals surface area (Å²) in [6, 6.07) is 7.77. The van der Waals surface area contributed by atoms with Gasteiger partial charge in [0.05, 0.1) is 12.3 Å². The maximum atomic E-state index is 10.6. The van der Waals surface area contributed by atoms with Crippen LogP contribution in [-0.4, -0.2) is 18.3 Å². The van der Waals surface area contributed by atoms with Gasteiger partial charge in [0.1, 0.15) is 5.75 Å². The van der Waals surface area contributed by atoms with Gasteiger partial charge in [0.2, 0.25) is 0 Å². The maximum Gasteiger partial charge on any atom is 0.331 e. The third-order valence-electron chi connectivity index (χ3n) is 2.00. The average molecular weight is 235 g/mol. The zero-order valence-electron chi connectivity index (χ0n) is 10.4. The highest BCUT2D eigenvalue weighted by atomic mass is 16.7. The van der Waals surface area contributed by atoms with Gasteiger partial charge in [-0.05, 0) is 31.5 Å². The van der Waals surface area contributed by atoms with Gasteiger partial charge in [0.25, 0.3) is 0 Å². The van der Waals surface area contributed by atoms with E-state index in [0.29, 0.717) is 13.0 Å². The van der Waals surface area contributed by atoms with Crippen molar-refractivity contribution in [3.63, 3.8) is 0 Å². The summed E-state index contributed by atoms with van der Waals surface area (Å²) in [4.78, 5) is 15.2. The molecule has 0 spiro atoms. The molecule has 1 rings (SSSR count). The van der Waals surface area contributed by atoms with Gasteiger partial charge in [-0.3, -0.25) is 0 Å². The smallest absolute Gasteiger partial charge is 0.331 e. The zero-order chi connectivity index (χ0) is 12.7. The zero-order valence-corrected chi connectivity index (χ0v) is 10.4. The molecule has 0 aromatic heterocycles. The van der Waals surface area contributed by atoms with Crippen molar-refractivity contribution in [2.75, 3.05) is 6.61 Å². The molecule has 4 heteroatoms. The van der Waals surface area contributed by atoms with Gasteiger partial charge in [-0.25, -0.2) is 4.79 Å². The van der Waals surface area contributed by atoms with Crippen LogP contribution in [0.4, 0.5) is 0 Å². The maximum absolute atomic E-state index is 10.6. The van der Waals surface area contributed by atoms with E-state index in [9.17, 15) is 4.79 Å². The second kappa shape index (κ2) is 6.68. The Kier molecular flexibility index (Phi) is 5.20. The molecule has 0 N–H and O–H groups in total. The van der Waals surface area contributed by atoms with Crippen LogP contribution in [0.5, 0.6) is 5.75 Å². The van der Waals surface area contributed by atoms with Gasteiger partial charge in [-0.2, -0.15) is 0 Å². The molecule has 0 fully saturated rings. The molecular weight excluding hydrogens is 218 g/mol. The van der Waals surface area contributed by atoms with Crippen LogP contribution in [0.25, 0.3) is 0 Å². The highest BCUT2D eigenvalue weighted by Gasteiger charge is 2.00. The Morgan fingerprint density at radius 1 is 1.35 bits per heavy atom. The average Bonchev–Trinajstić information content (AvgIpc) is 2.27. The summed E-state index contributed by atoms with van der Waals surface area (Å²) >= 11 is 0. The van der Waals surface area contributed by atoms with E-state index >= 15 is 0 Å². The Balaban J connectivity index is 2.64. The molecule has 1 aromatic rings. The molecule has 0 unspecified atom stereocenters. The largest absolute Gasteiger partial charge is 0.494 e. The van der Waals surface area contributed by atoms with Crippen LogP contribution in [0.2, 0.25) is 0 Å². The van der Waals surface area contributed by atoms with Crippen molar-refractivity contribution in [2.45, 2.75) is 27.2 Å². The number of carbonyl (C=O) groups excluding carboxylic acids is 1. The summed E-state index contributed by atoms with van der Waals surface area (Å²) in [7, 11) is 0. The number of nitrogens with zero attached hydrogens (tertiary/aromatic N) is 1. The lowest BCUT2D eigenvalue weighted by atomic mass is 10.1. The van der Waals surface area contributed by atoms with Crippen molar-refractivity contribution in [3.8, 4) is 5.75 Å². The van der Waals surface area contributed by atoms with Gasteiger partial charge >= 0.3 is 5.97 Å². The standard InChI is InChI=1S/C13H17NO3/c1-4-16-13-7-5-6-12(9-13)8-10(2)14-17-11(3)15/h5-7,9H,4,8H2,1-3H3/b14-10+. The van der Waals surface area contributed by atoms with E-state index in [1.54, 1.807) is 0 Å². The van der Waals surface area contributed by atoms with E-state index in [1.165, 1.54) is 6.92 Å². The van der Waals surface area contributed by atoms with E-state index in [-0.39, 0.29) is 0 Å². The minimum absolute atomic E-state index is 0.410. The highest BCUT2D eigenvalue weighted by Crippen LogP contribution is 2.14. The number of benzene rings is 1. The first-order chi connectivity index (χ1) is 8.11. The topological polar surface area (TPSA) is 47.9 Å². The molecular formula is C13H17NO3. The number of hydrogen-bond donors (Lipinski definition) is 0. The monoisotopic (exact) mass is 235 g/mol. The van der Waals surface area contributed by atoms with E-state index in [4.69, 9.17) is 4.74 Å². The number of hydrogen-bond acceptors (Lipinski definition) is 4. The second-order valence-corrected chi connectivity index (χ2v) is 3.67. The van der Waals surface area contributed by atoms with E-state index in [0.717, 1.165) is 17.0 Å². The number of oxime groups is 1. The summed E-state index contributed by atoms with van der Waals surface area (Å²) in [6.45, 7) is 5.73. The van der Waals surface area contributed by atoms with Gasteiger partial charge in [0, 0.05) is 13.3 Å². The third-order valence-corrected chi connectivity index (χ3v) is 2.00. The fraction of sp³-hybridized carbons (Fsp3) is 0.385. The fourth-order valence-electron chi connectivity index (χ4n) is 1.38. The molecule has 4 nitrogen and oxygen atoms in total. The Labute approximate surface area is 101 Å². The van der Waals surface area contributed by atoms with Crippen molar-refractivity contribution in [2.24, 2.45) is 5.16 Å². The van der Waals surface area contributed by atoms with Gasteiger partial charge in [0.15, 0.2) is 0 Å². The summed E-state index contributed by atoms with van der Waals surface area (Å²) < 4.78 is 5.40. The lowest BCUT2D eigenvalue weighted by Gasteiger charge is -2.05. The first kappa shape index (κ1) is 13.2. The van der Waals surface area contributed by atoms with Crippen LogP contribution in [0, 0.1) is 0 Å². The molecule has 0 heterocycles. The minimum Gasteiger partial charge on any atom is -0.494 e. The number of ether oxygens (including phenoxy) is 1. The molecule has 0 saturated carbocycles. The predicted octanol–water partition coefficient (Wildman–Crippen LogP) is 2.57. The number of rotatable bonds is 5. The Morgan fingerprint density at radius 2 is 2.12 bits per heavy atom. The van der Waals surface area contributed by atoms with Crippen LogP contribution < -0.4 is 4.74 Å². The first-order valence-corrected chi connectivity index (χ1v) is 5.54. The van der Waals surface area contributed by atoms with Crippen molar-refractivity contribution < 1.29 is 14.4 Å². The molecule has 0 aliphatic rings. The summed E-state index contributed by atoms with van der Waals surface area (Å²) in [5.41, 5.74) is 1.82. The van der Waals surface area contributed by atoms with Gasteiger partial charge in [-0.15, -0.1) is 0 Å². The summed E-state index contributed by atoms with van der Waals surface area (Å²) in [6.07, 6.45) is 0.633. The Morgan fingerprint density at radius 3 is 2.76 bits per heavy atom. The predicted molar refractivity (Wildman–Crippen MR) is 66.2 cm³/mol. The SMILES string of the molecule is CCOc1cccc(C/C(C)=N/OC(C)=O)c1. The van der Waals surface area contributed by atoms with E-state index in [2.05, 4.69) is 9.99 Å². The van der Waals surface area contributed by atoms with Crippen molar-refractivity contribution in [1.82, 2.24) is 0 Å². The minimum atomic E-state index is -0.410. The van der Waals surface area contributed by atoms with Crippen molar-refractivity contribution in [3.05, 3.63) is 29.8 Å². The summed E-state index contributed by atoms with van der Waals surface area (Å²) in [5, 5.41) is 3.72. The fourth-order valence-corrected chi connectivity index (χ4v) is 1.38. The highest BCUT2D eigenvalue weighted by molar-refractivity contribution is 5.84. The molecule has 0 atom stereocenters. The van der Waals surface area contributed by atoms with E-state index in [1.807, 2.05) is 38.1 Å². The van der Waals surface area contributed by atoms with E-state index < -0.39 is 5.97 Å². The molecule has 0 amide bonds. The van der Waals surface area contributed by atoms with Crippen LogP contribution >= 0.6 is 0 Å². The summed E-state index contributed by atoms with van der Waals surface area (Å²) in [5.74, 6) is 0.428. The van der Waals surface area contributed by atoms with Gasteiger partial charge < -0.3 is 9.57 Å². The van der Waals surface area contributed by atoms with Crippen LogP contribution in [-0.2, 0) is 16.1 Å². The molecule has 0 saturated heterocycles. The molecule has 0 aliphatic heterocycles. The Bertz CT molecular complexity index is 413. The number of carbonyl (C=O) groups is 1. The lowest BCUT2D eigenvalue weighted by molar-refractivity contribution is -0.140. The van der Waals surface area contributed by atoms with Crippen LogP contribution in [0.1, 0.15) is 26.3 Å².